The molecule has 1 aromatic rings. The lowest BCUT2D eigenvalue weighted by Gasteiger charge is -2.17. The quantitative estimate of drug-likeness (QED) is 0.907. The Morgan fingerprint density at radius 2 is 2.30 bits per heavy atom. The summed E-state index contributed by atoms with van der Waals surface area (Å²) in [5, 5.41) is 12.2. The fourth-order valence-corrected chi connectivity index (χ4v) is 4.21. The Labute approximate surface area is 122 Å². The van der Waals surface area contributed by atoms with Gasteiger partial charge in [0.2, 0.25) is 0 Å². The molecule has 2 atom stereocenters. The largest absolute Gasteiger partial charge is 0.338 e. The average Bonchev–Trinajstić information content (AvgIpc) is 2.85. The summed E-state index contributed by atoms with van der Waals surface area (Å²) in [6.45, 7) is 0. The Hall–Kier alpha value is -1.80. The van der Waals surface area contributed by atoms with Gasteiger partial charge in [0.25, 0.3) is 5.91 Å². The van der Waals surface area contributed by atoms with E-state index in [4.69, 9.17) is 0 Å². The van der Waals surface area contributed by atoms with Gasteiger partial charge in [-0.2, -0.15) is 5.26 Å². The van der Waals surface area contributed by atoms with Gasteiger partial charge in [-0.15, -0.1) is 11.8 Å². The maximum Gasteiger partial charge on any atom is 0.253 e. The van der Waals surface area contributed by atoms with E-state index in [1.807, 2.05) is 0 Å². The smallest absolute Gasteiger partial charge is 0.253 e. The first kappa shape index (κ1) is 13.2. The van der Waals surface area contributed by atoms with E-state index in [1.165, 1.54) is 16.9 Å². The van der Waals surface area contributed by atoms with Crippen molar-refractivity contribution in [1.29, 1.82) is 5.26 Å². The topological polar surface area (TPSA) is 65.8 Å². The number of amides is 1. The second-order valence-corrected chi connectivity index (χ2v) is 6.25. The van der Waals surface area contributed by atoms with Gasteiger partial charge in [-0.05, 0) is 48.3 Å². The van der Waals surface area contributed by atoms with E-state index >= 15 is 0 Å². The molecule has 1 N–H and O–H groups in total. The second kappa shape index (κ2) is 5.68. The number of pyridine rings is 1. The van der Waals surface area contributed by atoms with E-state index < -0.39 is 0 Å². The highest BCUT2D eigenvalue weighted by molar-refractivity contribution is 8.04. The summed E-state index contributed by atoms with van der Waals surface area (Å²) in [6, 6.07) is 5.83. The van der Waals surface area contributed by atoms with Gasteiger partial charge < -0.3 is 5.32 Å². The Kier molecular flexibility index (Phi) is 3.75. The van der Waals surface area contributed by atoms with Gasteiger partial charge in [0.1, 0.15) is 0 Å². The number of thioether (sulfide) groups is 1. The number of rotatable bonds is 2. The molecule has 0 aromatic carbocycles. The molecule has 20 heavy (non-hydrogen) atoms. The average molecular weight is 285 g/mol. The van der Waals surface area contributed by atoms with Crippen LogP contribution in [0.5, 0.6) is 0 Å². The molecule has 1 aliphatic carbocycles. The molecule has 0 saturated heterocycles. The minimum absolute atomic E-state index is 0.157. The molecular weight excluding hydrogens is 270 g/mol. The molecule has 102 valence electrons. The second-order valence-electron chi connectivity index (χ2n) is 5.02. The van der Waals surface area contributed by atoms with Crippen LogP contribution in [-0.4, -0.2) is 16.3 Å². The zero-order valence-electron chi connectivity index (χ0n) is 11.0. The lowest BCUT2D eigenvalue weighted by molar-refractivity contribution is 0.0946. The van der Waals surface area contributed by atoms with Gasteiger partial charge in [0.05, 0.1) is 22.9 Å². The molecule has 1 aliphatic heterocycles. The summed E-state index contributed by atoms with van der Waals surface area (Å²) in [5.41, 5.74) is 1.79. The standard InChI is InChI=1S/C15H15N3OS/c16-8-12-11-5-1-2-6-13(11)20-15(12)18-14(19)10-4-3-7-17-9-10/h3-4,7,9,12,15H,1-2,5-6H2,(H,18,19)/t12-,15?/m0/s1. The Morgan fingerprint density at radius 1 is 1.45 bits per heavy atom. The summed E-state index contributed by atoms with van der Waals surface area (Å²) < 4.78 is 0. The van der Waals surface area contributed by atoms with Crippen molar-refractivity contribution in [2.45, 2.75) is 31.1 Å². The summed E-state index contributed by atoms with van der Waals surface area (Å²) in [5.74, 6) is -0.341. The van der Waals surface area contributed by atoms with Crippen LogP contribution in [-0.2, 0) is 0 Å². The number of hydrogen-bond acceptors (Lipinski definition) is 4. The summed E-state index contributed by atoms with van der Waals surface area (Å²) in [6.07, 6.45) is 7.58. The zero-order valence-corrected chi connectivity index (χ0v) is 11.8. The van der Waals surface area contributed by atoms with E-state index in [1.54, 1.807) is 36.3 Å². The monoisotopic (exact) mass is 285 g/mol. The third-order valence-electron chi connectivity index (χ3n) is 3.74. The fourth-order valence-electron chi connectivity index (χ4n) is 2.74. The molecule has 1 amide bonds. The maximum atomic E-state index is 12.2. The SMILES string of the molecule is N#C[C@H]1C2=C(CCCC2)SC1NC(=O)c1cccnc1. The summed E-state index contributed by atoms with van der Waals surface area (Å²) >= 11 is 1.66. The molecule has 4 nitrogen and oxygen atoms in total. The molecule has 0 spiro atoms. The molecule has 5 heteroatoms. The molecule has 1 aromatic heterocycles. The van der Waals surface area contributed by atoms with Crippen molar-refractivity contribution in [2.75, 3.05) is 0 Å². The van der Waals surface area contributed by atoms with Crippen LogP contribution in [0.1, 0.15) is 36.0 Å². The van der Waals surface area contributed by atoms with E-state index in [9.17, 15) is 10.1 Å². The van der Waals surface area contributed by atoms with Crippen LogP contribution in [0.15, 0.2) is 35.0 Å². The predicted octanol–water partition coefficient (Wildman–Crippen LogP) is 2.85. The molecular formula is C15H15N3OS. The summed E-state index contributed by atoms with van der Waals surface area (Å²) in [4.78, 5) is 17.4. The highest BCUT2D eigenvalue weighted by atomic mass is 32.2. The van der Waals surface area contributed by atoms with Crippen molar-refractivity contribution in [3.05, 3.63) is 40.6 Å². The number of nitrogens with one attached hydrogen (secondary N) is 1. The fraction of sp³-hybridized carbons (Fsp3) is 0.400. The van der Waals surface area contributed by atoms with Gasteiger partial charge in [-0.25, -0.2) is 0 Å². The maximum absolute atomic E-state index is 12.2. The van der Waals surface area contributed by atoms with Crippen molar-refractivity contribution < 1.29 is 4.79 Å². The first-order chi connectivity index (χ1) is 9.79. The third-order valence-corrected chi connectivity index (χ3v) is 5.14. The van der Waals surface area contributed by atoms with Crippen molar-refractivity contribution >= 4 is 17.7 Å². The third kappa shape index (κ3) is 2.44. The van der Waals surface area contributed by atoms with Crippen LogP contribution < -0.4 is 5.32 Å². The molecule has 2 heterocycles. The molecule has 0 saturated carbocycles. The summed E-state index contributed by atoms with van der Waals surface area (Å²) in [7, 11) is 0. The van der Waals surface area contributed by atoms with E-state index in [-0.39, 0.29) is 17.2 Å². The van der Waals surface area contributed by atoms with Crippen molar-refractivity contribution in [3.63, 3.8) is 0 Å². The number of nitriles is 1. The van der Waals surface area contributed by atoms with Crippen LogP contribution in [0, 0.1) is 17.2 Å². The van der Waals surface area contributed by atoms with Crippen molar-refractivity contribution in [1.82, 2.24) is 10.3 Å². The Morgan fingerprint density at radius 3 is 3.05 bits per heavy atom. The highest BCUT2D eigenvalue weighted by Crippen LogP contribution is 2.47. The molecule has 0 fully saturated rings. The van der Waals surface area contributed by atoms with Gasteiger partial charge >= 0.3 is 0 Å². The molecule has 0 bridgehead atoms. The van der Waals surface area contributed by atoms with Crippen molar-refractivity contribution in [2.24, 2.45) is 5.92 Å². The van der Waals surface area contributed by atoms with Crippen LogP contribution in [0.4, 0.5) is 0 Å². The Bertz CT molecular complexity index is 591. The molecule has 2 aliphatic rings. The van der Waals surface area contributed by atoms with Gasteiger partial charge in [-0.1, -0.05) is 0 Å². The number of allylic oxidation sites excluding steroid dienone is 1. The van der Waals surface area contributed by atoms with Crippen LogP contribution in [0.25, 0.3) is 0 Å². The van der Waals surface area contributed by atoms with Crippen LogP contribution in [0.3, 0.4) is 0 Å². The van der Waals surface area contributed by atoms with Gasteiger partial charge in [0.15, 0.2) is 0 Å². The van der Waals surface area contributed by atoms with Gasteiger partial charge in [0, 0.05) is 12.4 Å². The lowest BCUT2D eigenvalue weighted by Crippen LogP contribution is -2.36. The van der Waals surface area contributed by atoms with Gasteiger partial charge in [-0.3, -0.25) is 9.78 Å². The molecule has 3 rings (SSSR count). The number of carbonyl (C=O) groups excluding carboxylic acids is 1. The predicted molar refractivity (Wildman–Crippen MR) is 77.7 cm³/mol. The number of hydrogen-bond donors (Lipinski definition) is 1. The van der Waals surface area contributed by atoms with E-state index in [0.717, 1.165) is 19.3 Å². The minimum Gasteiger partial charge on any atom is -0.338 e. The van der Waals surface area contributed by atoms with E-state index in [0.29, 0.717) is 5.56 Å². The van der Waals surface area contributed by atoms with Crippen molar-refractivity contribution in [3.8, 4) is 6.07 Å². The van der Waals surface area contributed by atoms with Crippen LogP contribution >= 0.6 is 11.8 Å². The zero-order chi connectivity index (χ0) is 13.9. The molecule has 1 unspecified atom stereocenters. The number of carbonyl (C=O) groups is 1. The Balaban J connectivity index is 1.73. The molecule has 0 radical (unpaired) electrons. The number of nitrogens with zero attached hydrogens (tertiary/aromatic N) is 2. The number of aromatic nitrogens is 1. The minimum atomic E-state index is -0.184. The highest BCUT2D eigenvalue weighted by Gasteiger charge is 2.37. The first-order valence-corrected chi connectivity index (χ1v) is 7.66. The normalized spacial score (nSPS) is 24.9. The van der Waals surface area contributed by atoms with Crippen LogP contribution in [0.2, 0.25) is 0 Å². The lowest BCUT2D eigenvalue weighted by atomic mass is 9.90. The van der Waals surface area contributed by atoms with E-state index in [2.05, 4.69) is 16.4 Å². The first-order valence-electron chi connectivity index (χ1n) is 6.78.